The van der Waals surface area contributed by atoms with Gasteiger partial charge in [-0.25, -0.2) is 8.42 Å². The van der Waals surface area contributed by atoms with Gasteiger partial charge in [-0.05, 0) is 51.8 Å². The summed E-state index contributed by atoms with van der Waals surface area (Å²) in [5.74, 6) is 7.06. The molecule has 0 heterocycles. The van der Waals surface area contributed by atoms with Gasteiger partial charge in [0.2, 0.25) is 7.60 Å². The van der Waals surface area contributed by atoms with Crippen molar-refractivity contribution in [2.24, 2.45) is 0 Å². The number of thioether (sulfide) groups is 1. The quantitative estimate of drug-likeness (QED) is 0.276. The molecule has 0 aliphatic carbocycles. The van der Waals surface area contributed by atoms with E-state index in [1.807, 2.05) is 0 Å². The Balaban J connectivity index is 1.85. The van der Waals surface area contributed by atoms with Crippen molar-refractivity contribution >= 4 is 45.1 Å². The number of sulfone groups is 1. The zero-order valence-electron chi connectivity index (χ0n) is 15.7. The number of benzene rings is 2. The molecule has 0 aliphatic heterocycles. The van der Waals surface area contributed by atoms with Crippen molar-refractivity contribution in [1.29, 1.82) is 0 Å². The molecule has 0 saturated heterocycles. The first-order valence-electron chi connectivity index (χ1n) is 8.43. The number of alkyl halides is 2. The van der Waals surface area contributed by atoms with E-state index >= 15 is 0 Å². The third kappa shape index (κ3) is 7.71. The summed E-state index contributed by atoms with van der Waals surface area (Å²) in [7, 11) is -8.54. The van der Waals surface area contributed by atoms with Crippen molar-refractivity contribution in [3.63, 3.8) is 0 Å². The zero-order valence-corrected chi connectivity index (χ0v) is 19.8. The van der Waals surface area contributed by atoms with Gasteiger partial charge in [-0.3, -0.25) is 4.57 Å². The molecule has 1 unspecified atom stereocenters. The Kier molecular flexibility index (Phi) is 8.95. The summed E-state index contributed by atoms with van der Waals surface area (Å²) in [4.78, 5) is 11.4. The number of hydrogen-bond acceptors (Lipinski definition) is 6. The Morgan fingerprint density at radius 2 is 2.00 bits per heavy atom. The standard InChI is InChI=1S/C19H18BrF2O5PS2/c1-30(25,26)16-7-4-6-14(11-16)5-2-3-10-29-13-15-8-9-18(17(20)12-15)27-28(23,24)19(21)22/h4,6-9,11-12,19H,3,10,13H2,1H3,(H,23,24)/p-1. The molecule has 30 heavy (non-hydrogen) atoms. The van der Waals surface area contributed by atoms with Crippen LogP contribution in [0.1, 0.15) is 17.5 Å². The molecule has 162 valence electrons. The monoisotopic (exact) mass is 537 g/mol. The predicted octanol–water partition coefficient (Wildman–Crippen LogP) is 4.68. The van der Waals surface area contributed by atoms with Crippen LogP contribution in [0.3, 0.4) is 0 Å². The highest BCUT2D eigenvalue weighted by Gasteiger charge is 2.24. The maximum Gasteiger partial charge on any atom is 0.310 e. The van der Waals surface area contributed by atoms with Gasteiger partial charge in [-0.2, -0.15) is 20.5 Å². The van der Waals surface area contributed by atoms with Crippen molar-refractivity contribution in [2.75, 3.05) is 12.0 Å². The molecule has 1 atom stereocenters. The van der Waals surface area contributed by atoms with Crippen LogP contribution < -0.4 is 9.42 Å². The number of hydrogen-bond donors (Lipinski definition) is 0. The van der Waals surface area contributed by atoms with Crippen LogP contribution in [0.2, 0.25) is 0 Å². The summed E-state index contributed by atoms with van der Waals surface area (Å²) in [6.07, 6.45) is -1.86. The van der Waals surface area contributed by atoms with Gasteiger partial charge in [0, 0.05) is 29.7 Å². The first-order chi connectivity index (χ1) is 14.0. The Hall–Kier alpha value is -1.37. The lowest BCUT2D eigenvalue weighted by molar-refractivity contribution is -0.202. The SMILES string of the molecule is CS(=O)(=O)c1cccc(C#CCCSCc2ccc(OP(=O)([O-])C(F)F)c(Br)c2)c1. The molecule has 0 aliphatic rings. The van der Waals surface area contributed by atoms with E-state index in [1.54, 1.807) is 36.0 Å². The van der Waals surface area contributed by atoms with Crippen LogP contribution >= 0.6 is 35.3 Å². The van der Waals surface area contributed by atoms with Crippen LogP contribution in [-0.2, 0) is 20.2 Å². The van der Waals surface area contributed by atoms with E-state index in [9.17, 15) is 26.7 Å². The molecule has 0 fully saturated rings. The molecule has 2 aromatic rings. The Morgan fingerprint density at radius 1 is 1.27 bits per heavy atom. The maximum absolute atomic E-state index is 12.4. The summed E-state index contributed by atoms with van der Waals surface area (Å²) < 4.78 is 63.8. The Labute approximate surface area is 186 Å². The summed E-state index contributed by atoms with van der Waals surface area (Å²) in [5, 5.41) is 0. The van der Waals surface area contributed by atoms with Gasteiger partial charge in [0.05, 0.1) is 9.37 Å². The molecule has 0 spiro atoms. The molecular weight excluding hydrogens is 521 g/mol. The van der Waals surface area contributed by atoms with E-state index in [2.05, 4.69) is 32.3 Å². The lowest BCUT2D eigenvalue weighted by Crippen LogP contribution is -2.14. The highest BCUT2D eigenvalue weighted by molar-refractivity contribution is 9.10. The van der Waals surface area contributed by atoms with E-state index in [0.29, 0.717) is 17.7 Å². The molecule has 0 N–H and O–H groups in total. The van der Waals surface area contributed by atoms with Crippen LogP contribution in [0.4, 0.5) is 8.78 Å². The minimum absolute atomic E-state index is 0.190. The van der Waals surface area contributed by atoms with Gasteiger partial charge in [0.1, 0.15) is 5.75 Å². The van der Waals surface area contributed by atoms with Crippen LogP contribution in [-0.4, -0.2) is 26.6 Å². The minimum atomic E-state index is -5.27. The summed E-state index contributed by atoms with van der Waals surface area (Å²) in [6.45, 7) is 0. The van der Waals surface area contributed by atoms with Crippen LogP contribution in [0.15, 0.2) is 51.8 Å². The van der Waals surface area contributed by atoms with Crippen molar-refractivity contribution < 1.29 is 31.2 Å². The third-order valence-electron chi connectivity index (χ3n) is 3.60. The van der Waals surface area contributed by atoms with Gasteiger partial charge < -0.3 is 9.42 Å². The van der Waals surface area contributed by atoms with E-state index in [1.165, 1.54) is 18.2 Å². The second-order valence-corrected chi connectivity index (χ2v) is 11.7. The topological polar surface area (TPSA) is 83.5 Å². The molecule has 0 bridgehead atoms. The van der Waals surface area contributed by atoms with Gasteiger partial charge in [-0.1, -0.05) is 24.0 Å². The fraction of sp³-hybridized carbons (Fsp3) is 0.263. The largest absolute Gasteiger partial charge is 0.765 e. The summed E-state index contributed by atoms with van der Waals surface area (Å²) in [5.41, 5.74) is 1.48. The highest BCUT2D eigenvalue weighted by Crippen LogP contribution is 2.46. The van der Waals surface area contributed by atoms with E-state index in [0.717, 1.165) is 17.6 Å². The first kappa shape index (κ1) is 24.9. The Morgan fingerprint density at radius 3 is 2.63 bits per heavy atom. The Bertz CT molecular complexity index is 1110. The molecule has 0 saturated carbocycles. The van der Waals surface area contributed by atoms with E-state index < -0.39 is 23.6 Å². The normalized spacial score (nSPS) is 13.4. The van der Waals surface area contributed by atoms with Crippen molar-refractivity contribution in [3.05, 3.63) is 58.1 Å². The second kappa shape index (κ2) is 10.8. The minimum Gasteiger partial charge on any atom is -0.765 e. The van der Waals surface area contributed by atoms with Crippen LogP contribution in [0.5, 0.6) is 5.75 Å². The van der Waals surface area contributed by atoms with E-state index in [4.69, 9.17) is 0 Å². The van der Waals surface area contributed by atoms with Gasteiger partial charge in [0.15, 0.2) is 9.84 Å². The van der Waals surface area contributed by atoms with Gasteiger partial charge in [0.25, 0.3) is 0 Å². The molecule has 0 amide bonds. The molecular formula is C19H17BrF2O5PS2-. The van der Waals surface area contributed by atoms with Crippen molar-refractivity contribution in [2.45, 2.75) is 23.2 Å². The molecule has 11 heteroatoms. The molecule has 0 radical (unpaired) electrons. The fourth-order valence-electron chi connectivity index (χ4n) is 2.17. The number of halogens is 3. The molecule has 2 aromatic carbocycles. The summed E-state index contributed by atoms with van der Waals surface area (Å²) in [6, 6.07) is 11.0. The zero-order chi connectivity index (χ0) is 22.4. The lowest BCUT2D eigenvalue weighted by Gasteiger charge is -2.23. The van der Waals surface area contributed by atoms with Crippen LogP contribution in [0.25, 0.3) is 0 Å². The van der Waals surface area contributed by atoms with Crippen molar-refractivity contribution in [3.8, 4) is 17.6 Å². The molecule has 5 nitrogen and oxygen atoms in total. The molecule has 0 aromatic heterocycles. The summed E-state index contributed by atoms with van der Waals surface area (Å²) >= 11 is 4.71. The van der Waals surface area contributed by atoms with Crippen LogP contribution in [0, 0.1) is 11.8 Å². The third-order valence-corrected chi connectivity index (χ3v) is 7.29. The van der Waals surface area contributed by atoms with Gasteiger partial charge in [-0.15, -0.1) is 0 Å². The molecule has 2 rings (SSSR count). The predicted molar refractivity (Wildman–Crippen MR) is 116 cm³/mol. The maximum atomic E-state index is 12.4. The average Bonchev–Trinajstić information content (AvgIpc) is 2.66. The smallest absolute Gasteiger partial charge is 0.310 e. The fourth-order valence-corrected chi connectivity index (χ4v) is 4.79. The first-order valence-corrected chi connectivity index (χ1v) is 13.9. The van der Waals surface area contributed by atoms with E-state index in [-0.39, 0.29) is 15.1 Å². The second-order valence-electron chi connectivity index (χ2n) is 6.08. The van der Waals surface area contributed by atoms with Crippen molar-refractivity contribution in [1.82, 2.24) is 0 Å². The lowest BCUT2D eigenvalue weighted by atomic mass is 10.2. The number of rotatable bonds is 8. The van der Waals surface area contributed by atoms with Gasteiger partial charge >= 0.3 is 6.17 Å². The average molecular weight is 538 g/mol. The highest BCUT2D eigenvalue weighted by atomic mass is 79.9.